The predicted octanol–water partition coefficient (Wildman–Crippen LogP) is 0.428. The highest BCUT2D eigenvalue weighted by atomic mass is 35.5. The number of amidine groups is 2. The molecule has 0 unspecified atom stereocenters. The summed E-state index contributed by atoms with van der Waals surface area (Å²) in [6, 6.07) is 0. The van der Waals surface area contributed by atoms with Gasteiger partial charge in [-0.15, -0.1) is 24.8 Å². The van der Waals surface area contributed by atoms with Crippen LogP contribution in [-0.4, -0.2) is 101 Å². The van der Waals surface area contributed by atoms with Crippen molar-refractivity contribution in [1.29, 1.82) is 0 Å². The summed E-state index contributed by atoms with van der Waals surface area (Å²) < 4.78 is 0. The topological polar surface area (TPSA) is 128 Å². The van der Waals surface area contributed by atoms with Crippen LogP contribution in [0.3, 0.4) is 0 Å². The average molecular weight is 429 g/mol. The van der Waals surface area contributed by atoms with Crippen LogP contribution in [0.25, 0.3) is 0 Å². The number of rotatable bonds is 8. The highest BCUT2D eigenvalue weighted by Gasteiger charge is 2.36. The Labute approximate surface area is 173 Å². The third-order valence-electron chi connectivity index (χ3n) is 4.25. The monoisotopic (exact) mass is 428 g/mol. The van der Waals surface area contributed by atoms with Crippen molar-refractivity contribution >= 4 is 36.5 Å². The molecule has 2 aliphatic heterocycles. The second-order valence-electron chi connectivity index (χ2n) is 7.15. The van der Waals surface area contributed by atoms with E-state index in [-0.39, 0.29) is 43.5 Å². The summed E-state index contributed by atoms with van der Waals surface area (Å²) in [6.45, 7) is 12.4. The largest absolute Gasteiger partial charge is 0.412 e. The molecule has 2 heterocycles. The Morgan fingerprint density at radius 3 is 1.44 bits per heavy atom. The van der Waals surface area contributed by atoms with Crippen molar-refractivity contribution in [3.8, 4) is 0 Å². The molecule has 0 aliphatic carbocycles. The van der Waals surface area contributed by atoms with Crippen molar-refractivity contribution in [2.45, 2.75) is 38.8 Å². The van der Waals surface area contributed by atoms with E-state index in [2.05, 4.69) is 30.0 Å². The van der Waals surface area contributed by atoms with E-state index >= 15 is 0 Å². The van der Waals surface area contributed by atoms with Gasteiger partial charge in [0, 0.05) is 26.2 Å². The Morgan fingerprint density at radius 2 is 1.15 bits per heavy atom. The Bertz CT molecular complexity index is 494. The van der Waals surface area contributed by atoms with Crippen molar-refractivity contribution in [3.05, 3.63) is 0 Å². The van der Waals surface area contributed by atoms with Gasteiger partial charge in [-0.2, -0.15) is 10.2 Å². The Morgan fingerprint density at radius 1 is 0.815 bits per heavy atom. The number of aliphatic hydroxyl groups excluding tert-OH is 2. The van der Waals surface area contributed by atoms with Crippen LogP contribution in [0.1, 0.15) is 27.7 Å². The van der Waals surface area contributed by atoms with Crippen LogP contribution in [0.15, 0.2) is 20.2 Å². The first-order chi connectivity index (χ1) is 11.3. The maximum absolute atomic E-state index is 9.20. The Balaban J connectivity index is 0. The molecule has 0 atom stereocenters. The molecule has 0 aromatic heterocycles. The van der Waals surface area contributed by atoms with Crippen LogP contribution in [0.5, 0.6) is 0 Å². The molecule has 0 radical (unpaired) electrons. The van der Waals surface area contributed by atoms with Crippen molar-refractivity contribution < 1.29 is 15.7 Å². The Hall–Kier alpha value is -1.00. The highest BCUT2D eigenvalue weighted by molar-refractivity contribution is 5.93. The van der Waals surface area contributed by atoms with Crippen LogP contribution in [0.4, 0.5) is 0 Å². The molecule has 0 saturated heterocycles. The molecular formula is C16H34Cl2N6O3. The van der Waals surface area contributed by atoms with E-state index in [1.165, 1.54) is 0 Å². The minimum atomic E-state index is -0.552. The smallest absolute Gasteiger partial charge is 0.133 e. The molecule has 9 nitrogen and oxygen atoms in total. The van der Waals surface area contributed by atoms with Crippen molar-refractivity contribution in [1.82, 2.24) is 9.80 Å². The molecule has 0 spiro atoms. The van der Waals surface area contributed by atoms with Gasteiger partial charge >= 0.3 is 0 Å². The van der Waals surface area contributed by atoms with Crippen molar-refractivity contribution in [2.24, 2.45) is 20.2 Å². The van der Waals surface area contributed by atoms with E-state index in [1.54, 1.807) is 0 Å². The zero-order chi connectivity index (χ0) is 17.8. The third kappa shape index (κ3) is 6.83. The van der Waals surface area contributed by atoms with Gasteiger partial charge in [-0.05, 0) is 27.7 Å². The quantitative estimate of drug-likeness (QED) is 0.542. The number of azo groups is 1. The van der Waals surface area contributed by atoms with Crippen LogP contribution >= 0.6 is 24.8 Å². The molecular weight excluding hydrogens is 395 g/mol. The highest BCUT2D eigenvalue weighted by Crippen LogP contribution is 2.24. The van der Waals surface area contributed by atoms with E-state index in [0.717, 1.165) is 37.9 Å². The van der Waals surface area contributed by atoms with Gasteiger partial charge < -0.3 is 25.5 Å². The second kappa shape index (κ2) is 11.8. The number of nitrogens with zero attached hydrogens (tertiary/aromatic N) is 6. The minimum absolute atomic E-state index is 0. The lowest BCUT2D eigenvalue weighted by atomic mass is 10.0. The van der Waals surface area contributed by atoms with E-state index in [1.807, 2.05) is 27.7 Å². The lowest BCUT2D eigenvalue weighted by Crippen LogP contribution is -2.45. The zero-order valence-corrected chi connectivity index (χ0v) is 18.2. The van der Waals surface area contributed by atoms with E-state index < -0.39 is 11.1 Å². The SMILES string of the molecule is CC(C)(/N=N/C(C)(C)C1=NCCN1CCO)C1=NCCN1CCO.Cl.Cl.O. The van der Waals surface area contributed by atoms with Gasteiger partial charge in [-0.25, -0.2) is 0 Å². The number of aliphatic hydroxyl groups is 2. The molecule has 0 aromatic rings. The van der Waals surface area contributed by atoms with Crippen molar-refractivity contribution in [3.63, 3.8) is 0 Å². The zero-order valence-electron chi connectivity index (χ0n) is 16.6. The van der Waals surface area contributed by atoms with Crippen LogP contribution in [-0.2, 0) is 0 Å². The van der Waals surface area contributed by atoms with Gasteiger partial charge in [-0.1, -0.05) is 0 Å². The first-order valence-corrected chi connectivity index (χ1v) is 8.57. The second-order valence-corrected chi connectivity index (χ2v) is 7.15. The van der Waals surface area contributed by atoms with Gasteiger partial charge in [0.2, 0.25) is 0 Å². The maximum atomic E-state index is 9.20. The summed E-state index contributed by atoms with van der Waals surface area (Å²) in [5, 5.41) is 27.6. The number of hydrogen-bond donors (Lipinski definition) is 2. The molecule has 0 bridgehead atoms. The predicted molar refractivity (Wildman–Crippen MR) is 113 cm³/mol. The lowest BCUT2D eigenvalue weighted by molar-refractivity contribution is 0.250. The van der Waals surface area contributed by atoms with Crippen LogP contribution in [0, 0.1) is 0 Å². The van der Waals surface area contributed by atoms with Crippen LogP contribution in [0.2, 0.25) is 0 Å². The molecule has 0 fully saturated rings. The van der Waals surface area contributed by atoms with Gasteiger partial charge in [0.25, 0.3) is 0 Å². The number of hydrogen-bond acceptors (Lipinski definition) is 8. The number of halogens is 2. The summed E-state index contributed by atoms with van der Waals surface area (Å²) in [4.78, 5) is 13.2. The average Bonchev–Trinajstić information content (AvgIpc) is 3.16. The number of β-amino-alcohol motifs (C(OH)–C–C–N with tert-alkyl or cyclic N) is 2. The van der Waals surface area contributed by atoms with E-state index in [4.69, 9.17) is 0 Å². The Kier molecular flexibility index (Phi) is 12.3. The molecule has 2 rings (SSSR count). The molecule has 11 heteroatoms. The summed E-state index contributed by atoms with van der Waals surface area (Å²) in [6.07, 6.45) is 0. The van der Waals surface area contributed by atoms with Crippen LogP contribution < -0.4 is 0 Å². The number of aliphatic imine (C=N–C) groups is 2. The fraction of sp³-hybridized carbons (Fsp3) is 0.875. The fourth-order valence-electron chi connectivity index (χ4n) is 3.14. The maximum Gasteiger partial charge on any atom is 0.133 e. The fourth-order valence-corrected chi connectivity index (χ4v) is 3.14. The molecule has 0 amide bonds. The molecule has 27 heavy (non-hydrogen) atoms. The molecule has 2 aliphatic rings. The molecule has 160 valence electrons. The summed E-state index contributed by atoms with van der Waals surface area (Å²) in [7, 11) is 0. The normalized spacial score (nSPS) is 17.3. The first kappa shape index (κ1) is 28.2. The third-order valence-corrected chi connectivity index (χ3v) is 4.25. The molecule has 4 N–H and O–H groups in total. The van der Waals surface area contributed by atoms with Gasteiger partial charge in [0.15, 0.2) is 0 Å². The van der Waals surface area contributed by atoms with Gasteiger partial charge in [0.05, 0.1) is 26.3 Å². The minimum Gasteiger partial charge on any atom is -0.412 e. The standard InChI is InChI=1S/C16H30N6O2.2ClH.H2O/c1-15(2,13-17-5-7-21(13)9-11-23)19-20-16(3,4)14-18-6-8-22(14)10-12-24;;;/h23-24H,5-12H2,1-4H3;2*1H;1H2/b20-19+;;;. The summed E-state index contributed by atoms with van der Waals surface area (Å²) in [5.74, 6) is 1.74. The summed E-state index contributed by atoms with van der Waals surface area (Å²) in [5.41, 5.74) is -1.10. The van der Waals surface area contributed by atoms with Gasteiger partial charge in [0.1, 0.15) is 22.7 Å². The lowest BCUT2D eigenvalue weighted by Gasteiger charge is -2.31. The molecule has 0 aromatic carbocycles. The van der Waals surface area contributed by atoms with Gasteiger partial charge in [-0.3, -0.25) is 9.98 Å². The van der Waals surface area contributed by atoms with E-state index in [0.29, 0.717) is 13.1 Å². The summed E-state index contributed by atoms with van der Waals surface area (Å²) >= 11 is 0. The van der Waals surface area contributed by atoms with Crippen molar-refractivity contribution in [2.75, 3.05) is 52.5 Å². The first-order valence-electron chi connectivity index (χ1n) is 8.57. The molecule has 0 saturated carbocycles. The van der Waals surface area contributed by atoms with E-state index in [9.17, 15) is 10.2 Å².